The SMILES string of the molecule is CC1(CNC(=O)/C=C/c2ccccc2)CCCNC1. The molecule has 1 amide bonds. The van der Waals surface area contributed by atoms with Gasteiger partial charge in [0.05, 0.1) is 0 Å². The maximum atomic E-state index is 11.8. The van der Waals surface area contributed by atoms with E-state index in [0.717, 1.165) is 25.2 Å². The van der Waals surface area contributed by atoms with Gasteiger partial charge in [-0.25, -0.2) is 0 Å². The van der Waals surface area contributed by atoms with Gasteiger partial charge in [-0.2, -0.15) is 0 Å². The number of piperidine rings is 1. The van der Waals surface area contributed by atoms with Crippen molar-refractivity contribution in [3.63, 3.8) is 0 Å². The number of amides is 1. The fourth-order valence-electron chi connectivity index (χ4n) is 2.37. The van der Waals surface area contributed by atoms with Gasteiger partial charge in [-0.05, 0) is 36.4 Å². The van der Waals surface area contributed by atoms with Gasteiger partial charge in [0.1, 0.15) is 0 Å². The number of hydrogen-bond donors (Lipinski definition) is 2. The van der Waals surface area contributed by atoms with E-state index in [0.29, 0.717) is 0 Å². The molecule has 3 heteroatoms. The molecule has 0 aromatic heterocycles. The molecule has 19 heavy (non-hydrogen) atoms. The van der Waals surface area contributed by atoms with Gasteiger partial charge in [0, 0.05) is 19.2 Å². The first-order chi connectivity index (χ1) is 9.18. The number of carbonyl (C=O) groups excluding carboxylic acids is 1. The van der Waals surface area contributed by atoms with Crippen molar-refractivity contribution >= 4 is 12.0 Å². The van der Waals surface area contributed by atoms with E-state index < -0.39 is 0 Å². The van der Waals surface area contributed by atoms with Crippen molar-refractivity contribution in [2.24, 2.45) is 5.41 Å². The van der Waals surface area contributed by atoms with Crippen molar-refractivity contribution in [2.75, 3.05) is 19.6 Å². The Hall–Kier alpha value is -1.61. The topological polar surface area (TPSA) is 41.1 Å². The van der Waals surface area contributed by atoms with E-state index in [9.17, 15) is 4.79 Å². The largest absolute Gasteiger partial charge is 0.352 e. The van der Waals surface area contributed by atoms with Crippen molar-refractivity contribution in [3.8, 4) is 0 Å². The Balaban J connectivity index is 1.80. The molecule has 1 aliphatic heterocycles. The lowest BCUT2D eigenvalue weighted by atomic mass is 9.83. The Labute approximate surface area is 115 Å². The molecular formula is C16H22N2O. The lowest BCUT2D eigenvalue weighted by Gasteiger charge is -2.34. The second-order valence-corrected chi connectivity index (χ2v) is 5.55. The summed E-state index contributed by atoms with van der Waals surface area (Å²) in [6.07, 6.45) is 5.81. The fourth-order valence-corrected chi connectivity index (χ4v) is 2.37. The highest BCUT2D eigenvalue weighted by atomic mass is 16.1. The zero-order chi connectivity index (χ0) is 13.6. The van der Waals surface area contributed by atoms with Gasteiger partial charge in [0.2, 0.25) is 5.91 Å². The average molecular weight is 258 g/mol. The van der Waals surface area contributed by atoms with Gasteiger partial charge in [-0.15, -0.1) is 0 Å². The summed E-state index contributed by atoms with van der Waals surface area (Å²) in [7, 11) is 0. The van der Waals surface area contributed by atoms with E-state index in [1.54, 1.807) is 6.08 Å². The molecule has 2 N–H and O–H groups in total. The fraction of sp³-hybridized carbons (Fsp3) is 0.438. The van der Waals surface area contributed by atoms with Crippen LogP contribution in [0.15, 0.2) is 36.4 Å². The second kappa shape index (κ2) is 6.53. The van der Waals surface area contributed by atoms with E-state index in [1.807, 2.05) is 36.4 Å². The van der Waals surface area contributed by atoms with Crippen LogP contribution in [-0.4, -0.2) is 25.5 Å². The van der Waals surface area contributed by atoms with Crippen molar-refractivity contribution in [1.82, 2.24) is 10.6 Å². The summed E-state index contributed by atoms with van der Waals surface area (Å²) in [5.41, 5.74) is 1.23. The van der Waals surface area contributed by atoms with Crippen molar-refractivity contribution in [2.45, 2.75) is 19.8 Å². The van der Waals surface area contributed by atoms with Crippen LogP contribution >= 0.6 is 0 Å². The highest BCUT2D eigenvalue weighted by Crippen LogP contribution is 2.23. The summed E-state index contributed by atoms with van der Waals surface area (Å²) < 4.78 is 0. The van der Waals surface area contributed by atoms with E-state index in [2.05, 4.69) is 17.6 Å². The lowest BCUT2D eigenvalue weighted by Crippen LogP contribution is -2.45. The zero-order valence-corrected chi connectivity index (χ0v) is 11.5. The molecule has 3 nitrogen and oxygen atoms in total. The first-order valence-electron chi connectivity index (χ1n) is 6.90. The molecule has 102 valence electrons. The molecule has 0 spiro atoms. The lowest BCUT2D eigenvalue weighted by molar-refractivity contribution is -0.116. The van der Waals surface area contributed by atoms with Crippen LogP contribution in [-0.2, 0) is 4.79 Å². The maximum Gasteiger partial charge on any atom is 0.244 e. The average Bonchev–Trinajstić information content (AvgIpc) is 2.45. The minimum Gasteiger partial charge on any atom is -0.352 e. The van der Waals surface area contributed by atoms with E-state index in [-0.39, 0.29) is 11.3 Å². The van der Waals surface area contributed by atoms with Crippen LogP contribution in [0.5, 0.6) is 0 Å². The summed E-state index contributed by atoms with van der Waals surface area (Å²) >= 11 is 0. The zero-order valence-electron chi connectivity index (χ0n) is 11.5. The van der Waals surface area contributed by atoms with Gasteiger partial charge >= 0.3 is 0 Å². The third-order valence-corrected chi connectivity index (χ3v) is 3.60. The summed E-state index contributed by atoms with van der Waals surface area (Å²) in [6, 6.07) is 9.86. The third-order valence-electron chi connectivity index (χ3n) is 3.60. The molecule has 0 saturated carbocycles. The van der Waals surface area contributed by atoms with Gasteiger partial charge < -0.3 is 10.6 Å². The smallest absolute Gasteiger partial charge is 0.244 e. The number of hydrogen-bond acceptors (Lipinski definition) is 2. The minimum absolute atomic E-state index is 0.0179. The Morgan fingerprint density at radius 3 is 2.89 bits per heavy atom. The summed E-state index contributed by atoms with van der Waals surface area (Å²) in [4.78, 5) is 11.8. The molecule has 1 heterocycles. The predicted molar refractivity (Wildman–Crippen MR) is 78.7 cm³/mol. The normalized spacial score (nSPS) is 23.4. The number of nitrogens with one attached hydrogen (secondary N) is 2. The van der Waals surface area contributed by atoms with Crippen molar-refractivity contribution < 1.29 is 4.79 Å². The summed E-state index contributed by atoms with van der Waals surface area (Å²) in [5.74, 6) is -0.0179. The molecule has 1 fully saturated rings. The number of benzene rings is 1. The molecule has 1 atom stereocenters. The molecule has 0 aliphatic carbocycles. The van der Waals surface area contributed by atoms with Gasteiger partial charge in [-0.3, -0.25) is 4.79 Å². The summed E-state index contributed by atoms with van der Waals surface area (Å²) in [5, 5.41) is 6.38. The van der Waals surface area contributed by atoms with Gasteiger partial charge in [0.25, 0.3) is 0 Å². The van der Waals surface area contributed by atoms with Crippen LogP contribution in [0, 0.1) is 5.41 Å². The molecule has 1 unspecified atom stereocenters. The van der Waals surface area contributed by atoms with E-state index >= 15 is 0 Å². The highest BCUT2D eigenvalue weighted by Gasteiger charge is 2.26. The van der Waals surface area contributed by atoms with E-state index in [1.165, 1.54) is 12.8 Å². The molecule has 0 bridgehead atoms. The highest BCUT2D eigenvalue weighted by molar-refractivity contribution is 5.91. The molecule has 1 saturated heterocycles. The Bertz CT molecular complexity index is 433. The monoisotopic (exact) mass is 258 g/mol. The second-order valence-electron chi connectivity index (χ2n) is 5.55. The minimum atomic E-state index is -0.0179. The van der Waals surface area contributed by atoms with Gasteiger partial charge in [0.15, 0.2) is 0 Å². The van der Waals surface area contributed by atoms with Crippen LogP contribution in [0.2, 0.25) is 0 Å². The number of rotatable bonds is 4. The van der Waals surface area contributed by atoms with Crippen LogP contribution in [0.1, 0.15) is 25.3 Å². The number of carbonyl (C=O) groups is 1. The van der Waals surface area contributed by atoms with Crippen molar-refractivity contribution in [1.29, 1.82) is 0 Å². The molecule has 0 radical (unpaired) electrons. The molecule has 1 aromatic carbocycles. The van der Waals surface area contributed by atoms with Crippen molar-refractivity contribution in [3.05, 3.63) is 42.0 Å². The van der Waals surface area contributed by atoms with Crippen LogP contribution < -0.4 is 10.6 Å². The van der Waals surface area contributed by atoms with Crippen LogP contribution in [0.25, 0.3) is 6.08 Å². The molecular weight excluding hydrogens is 236 g/mol. The standard InChI is InChI=1S/C16H22N2O/c1-16(10-5-11-17-12-16)13-18-15(19)9-8-14-6-3-2-4-7-14/h2-4,6-9,17H,5,10-13H2,1H3,(H,18,19)/b9-8+. The molecule has 1 aromatic rings. The van der Waals surface area contributed by atoms with Gasteiger partial charge in [-0.1, -0.05) is 37.3 Å². The molecule has 2 rings (SSSR count). The Morgan fingerprint density at radius 1 is 1.42 bits per heavy atom. The van der Waals surface area contributed by atoms with Crippen LogP contribution in [0.3, 0.4) is 0 Å². The van der Waals surface area contributed by atoms with Crippen LogP contribution in [0.4, 0.5) is 0 Å². The van der Waals surface area contributed by atoms with E-state index in [4.69, 9.17) is 0 Å². The third kappa shape index (κ3) is 4.52. The summed E-state index contributed by atoms with van der Waals surface area (Å²) in [6.45, 7) is 5.03. The molecule has 1 aliphatic rings. The Kier molecular flexibility index (Phi) is 4.74. The first kappa shape index (κ1) is 13.8. The maximum absolute atomic E-state index is 11.8. The first-order valence-corrected chi connectivity index (χ1v) is 6.90. The Morgan fingerprint density at radius 2 is 2.21 bits per heavy atom. The quantitative estimate of drug-likeness (QED) is 0.813. The predicted octanol–water partition coefficient (Wildman–Crippen LogP) is 2.21.